The number of nitrogen functional groups attached to an aromatic ring is 1. The molecule has 78 valence electrons. The number of hydrogen-bond donors (Lipinski definition) is 1. The molecule has 0 atom stereocenters. The fourth-order valence-electron chi connectivity index (χ4n) is 0.762. The van der Waals surface area contributed by atoms with Gasteiger partial charge in [-0.05, 0) is 18.2 Å². The van der Waals surface area contributed by atoms with Crippen molar-refractivity contribution in [1.82, 2.24) is 9.97 Å². The number of nitrogens with two attached hydrogens (primary N) is 1. The Labute approximate surface area is 97.9 Å². The largest absolute Gasteiger partial charge is 0.384 e. The summed E-state index contributed by atoms with van der Waals surface area (Å²) in [5, 5.41) is 1.13. The van der Waals surface area contributed by atoms with Gasteiger partial charge in [0.25, 0.3) is 0 Å². The van der Waals surface area contributed by atoms with E-state index in [4.69, 9.17) is 28.9 Å². The Morgan fingerprint density at radius 3 is 2.00 bits per heavy atom. The number of anilines is 1. The maximum absolute atomic E-state index is 5.50. The van der Waals surface area contributed by atoms with E-state index < -0.39 is 0 Å². The van der Waals surface area contributed by atoms with E-state index in [0.717, 1.165) is 0 Å². The molecule has 0 fully saturated rings. The molecule has 0 spiro atoms. The van der Waals surface area contributed by atoms with Crippen molar-refractivity contribution < 1.29 is 0 Å². The molecule has 0 radical (unpaired) electrons. The van der Waals surface area contributed by atoms with Gasteiger partial charge >= 0.3 is 0 Å². The van der Waals surface area contributed by atoms with E-state index in [2.05, 4.69) is 9.97 Å². The lowest BCUT2D eigenvalue weighted by molar-refractivity contribution is 1.33. The molecule has 15 heavy (non-hydrogen) atoms. The molecule has 2 heterocycles. The molecule has 3 nitrogen and oxygen atoms in total. The Morgan fingerprint density at radius 2 is 1.73 bits per heavy atom. The van der Waals surface area contributed by atoms with Crippen molar-refractivity contribution in [3.05, 3.63) is 52.9 Å². The second-order valence-corrected chi connectivity index (χ2v) is 3.45. The zero-order valence-electron chi connectivity index (χ0n) is 7.77. The van der Waals surface area contributed by atoms with Gasteiger partial charge in [-0.2, -0.15) is 0 Å². The molecule has 0 aliphatic rings. The molecule has 2 aromatic rings. The molecular formula is C10H9Cl2N3. The summed E-state index contributed by atoms with van der Waals surface area (Å²) >= 11 is 11.0. The van der Waals surface area contributed by atoms with Crippen molar-refractivity contribution in [2.24, 2.45) is 0 Å². The second-order valence-electron chi connectivity index (χ2n) is 2.58. The van der Waals surface area contributed by atoms with Crippen LogP contribution >= 0.6 is 23.2 Å². The topological polar surface area (TPSA) is 51.8 Å². The van der Waals surface area contributed by atoms with Gasteiger partial charge in [-0.25, -0.2) is 4.98 Å². The predicted octanol–water partition coefficient (Wildman–Crippen LogP) is 3.05. The first-order valence-corrected chi connectivity index (χ1v) is 4.86. The highest BCUT2D eigenvalue weighted by Crippen LogP contribution is 2.11. The molecule has 2 rings (SSSR count). The van der Waals surface area contributed by atoms with Crippen LogP contribution in [0.5, 0.6) is 0 Å². The molecule has 0 saturated heterocycles. The van der Waals surface area contributed by atoms with E-state index in [1.165, 1.54) is 12.4 Å². The smallest absolute Gasteiger partial charge is 0.123 e. The van der Waals surface area contributed by atoms with Crippen LogP contribution in [0.4, 0.5) is 5.82 Å². The minimum Gasteiger partial charge on any atom is -0.384 e. The minimum atomic E-state index is 0.567. The maximum atomic E-state index is 5.50. The van der Waals surface area contributed by atoms with Gasteiger partial charge in [-0.15, -0.1) is 0 Å². The van der Waals surface area contributed by atoms with Crippen LogP contribution < -0.4 is 5.73 Å². The zero-order valence-corrected chi connectivity index (χ0v) is 9.28. The third-order valence-electron chi connectivity index (χ3n) is 1.36. The predicted molar refractivity (Wildman–Crippen MR) is 62.9 cm³/mol. The van der Waals surface area contributed by atoms with Crippen LogP contribution in [0.25, 0.3) is 0 Å². The quantitative estimate of drug-likeness (QED) is 0.772. The van der Waals surface area contributed by atoms with E-state index in [-0.39, 0.29) is 0 Å². The molecule has 0 aromatic carbocycles. The van der Waals surface area contributed by atoms with Gasteiger partial charge in [-0.1, -0.05) is 29.3 Å². The highest BCUT2D eigenvalue weighted by molar-refractivity contribution is 6.34. The summed E-state index contributed by atoms with van der Waals surface area (Å²) in [5.74, 6) is 0.572. The molecule has 2 N–H and O–H groups in total. The molecule has 5 heteroatoms. The summed E-state index contributed by atoms with van der Waals surface area (Å²) < 4.78 is 0. The number of halogens is 2. The standard InChI is InChI=1S/C5H3Cl2N.C5H6N2/c6-4-1-5(7)3-8-2-4;6-5-3-1-2-4-7-5/h1-3H;1-4H,(H2,6,7). The molecule has 0 unspecified atom stereocenters. The van der Waals surface area contributed by atoms with Crippen molar-refractivity contribution in [1.29, 1.82) is 0 Å². The Morgan fingerprint density at radius 1 is 1.07 bits per heavy atom. The monoisotopic (exact) mass is 241 g/mol. The molecule has 0 bridgehead atoms. The number of hydrogen-bond acceptors (Lipinski definition) is 3. The number of nitrogens with zero attached hydrogens (tertiary/aromatic N) is 2. The van der Waals surface area contributed by atoms with E-state index >= 15 is 0 Å². The Bertz CT molecular complexity index is 389. The van der Waals surface area contributed by atoms with Crippen LogP contribution in [-0.2, 0) is 0 Å². The Hall–Kier alpha value is -1.32. The summed E-state index contributed by atoms with van der Waals surface area (Å²) in [6.07, 6.45) is 4.73. The van der Waals surface area contributed by atoms with Crippen LogP contribution in [0.1, 0.15) is 0 Å². The third-order valence-corrected chi connectivity index (χ3v) is 1.77. The number of aromatic nitrogens is 2. The summed E-state index contributed by atoms with van der Waals surface area (Å²) in [4.78, 5) is 7.48. The molecule has 0 aliphatic carbocycles. The van der Waals surface area contributed by atoms with Gasteiger partial charge in [0.05, 0.1) is 10.0 Å². The highest BCUT2D eigenvalue weighted by atomic mass is 35.5. The van der Waals surface area contributed by atoms with E-state index in [0.29, 0.717) is 15.9 Å². The Kier molecular flexibility index (Phi) is 4.87. The maximum Gasteiger partial charge on any atom is 0.123 e. The highest BCUT2D eigenvalue weighted by Gasteiger charge is 1.86. The summed E-state index contributed by atoms with van der Waals surface area (Å²) in [6, 6.07) is 7.06. The third kappa shape index (κ3) is 5.20. The molecule has 0 saturated carbocycles. The van der Waals surface area contributed by atoms with Crippen molar-refractivity contribution in [2.75, 3.05) is 5.73 Å². The minimum absolute atomic E-state index is 0.567. The molecular weight excluding hydrogens is 233 g/mol. The lowest BCUT2D eigenvalue weighted by Gasteiger charge is -1.85. The summed E-state index contributed by atoms with van der Waals surface area (Å²) in [6.45, 7) is 0. The lowest BCUT2D eigenvalue weighted by atomic mass is 10.5. The molecule has 2 aromatic heterocycles. The van der Waals surface area contributed by atoms with E-state index in [9.17, 15) is 0 Å². The van der Waals surface area contributed by atoms with Crippen LogP contribution in [0.15, 0.2) is 42.9 Å². The normalized spacial score (nSPS) is 8.93. The Balaban J connectivity index is 0.000000151. The van der Waals surface area contributed by atoms with Crippen molar-refractivity contribution in [3.63, 3.8) is 0 Å². The lowest BCUT2D eigenvalue weighted by Crippen LogP contribution is -1.85. The van der Waals surface area contributed by atoms with Gasteiger partial charge in [0, 0.05) is 18.6 Å². The summed E-state index contributed by atoms with van der Waals surface area (Å²) in [5.41, 5.74) is 5.25. The van der Waals surface area contributed by atoms with Gasteiger partial charge in [-0.3, -0.25) is 4.98 Å². The van der Waals surface area contributed by atoms with Crippen molar-refractivity contribution in [2.45, 2.75) is 0 Å². The van der Waals surface area contributed by atoms with Crippen LogP contribution in [0, 0.1) is 0 Å². The van der Waals surface area contributed by atoms with Crippen LogP contribution in [0.2, 0.25) is 10.0 Å². The first-order valence-electron chi connectivity index (χ1n) is 4.11. The van der Waals surface area contributed by atoms with Crippen LogP contribution in [0.3, 0.4) is 0 Å². The second kappa shape index (κ2) is 6.22. The number of pyridine rings is 2. The SMILES string of the molecule is Clc1cncc(Cl)c1.Nc1ccccn1. The van der Waals surface area contributed by atoms with Crippen LogP contribution in [-0.4, -0.2) is 9.97 Å². The first kappa shape index (κ1) is 11.8. The van der Waals surface area contributed by atoms with Gasteiger partial charge in [0.15, 0.2) is 0 Å². The van der Waals surface area contributed by atoms with Crippen molar-refractivity contribution >= 4 is 29.0 Å². The summed E-state index contributed by atoms with van der Waals surface area (Å²) in [7, 11) is 0. The van der Waals surface area contributed by atoms with E-state index in [1.54, 1.807) is 18.3 Å². The fourth-order valence-corrected chi connectivity index (χ4v) is 1.17. The van der Waals surface area contributed by atoms with Gasteiger partial charge in [0.2, 0.25) is 0 Å². The molecule has 0 amide bonds. The average Bonchev–Trinajstić information content (AvgIpc) is 2.19. The fraction of sp³-hybridized carbons (Fsp3) is 0. The first-order chi connectivity index (χ1) is 7.18. The zero-order chi connectivity index (χ0) is 11.1. The van der Waals surface area contributed by atoms with E-state index in [1.807, 2.05) is 12.1 Å². The van der Waals surface area contributed by atoms with Gasteiger partial charge in [0.1, 0.15) is 5.82 Å². The average molecular weight is 242 g/mol. The number of rotatable bonds is 0. The van der Waals surface area contributed by atoms with Crippen molar-refractivity contribution in [3.8, 4) is 0 Å². The molecule has 0 aliphatic heterocycles. The van der Waals surface area contributed by atoms with Gasteiger partial charge < -0.3 is 5.73 Å².